The van der Waals surface area contributed by atoms with Gasteiger partial charge in [0.25, 0.3) is 0 Å². The summed E-state index contributed by atoms with van der Waals surface area (Å²) in [6, 6.07) is 8.22. The molecule has 130 valence electrons. The molecule has 1 atom stereocenters. The molecule has 0 bridgehead atoms. The summed E-state index contributed by atoms with van der Waals surface area (Å²) in [5.74, 6) is -0.473. The van der Waals surface area contributed by atoms with E-state index in [0.29, 0.717) is 26.2 Å². The Balaban J connectivity index is 0.000000688. The number of ether oxygens (including phenoxy) is 3. The van der Waals surface area contributed by atoms with Crippen molar-refractivity contribution in [2.45, 2.75) is 47.1 Å². The molecule has 1 unspecified atom stereocenters. The van der Waals surface area contributed by atoms with Gasteiger partial charge in [0.05, 0.1) is 13.2 Å². The Morgan fingerprint density at radius 3 is 2.00 bits per heavy atom. The van der Waals surface area contributed by atoms with Gasteiger partial charge in [-0.3, -0.25) is 9.59 Å². The molecule has 1 aromatic carbocycles. The number of aryl methyl sites for hydroxylation is 1. The molecule has 0 aliphatic carbocycles. The van der Waals surface area contributed by atoms with Crippen LogP contribution in [0.2, 0.25) is 0 Å². The van der Waals surface area contributed by atoms with Crippen molar-refractivity contribution in [3.8, 4) is 0 Å². The largest absolute Gasteiger partial charge is 0.466 e. The molecule has 0 aromatic heterocycles. The van der Waals surface area contributed by atoms with Gasteiger partial charge < -0.3 is 14.2 Å². The lowest BCUT2D eigenvalue weighted by Gasteiger charge is -2.17. The van der Waals surface area contributed by atoms with Crippen LogP contribution in [0.5, 0.6) is 0 Å². The van der Waals surface area contributed by atoms with E-state index in [0.717, 1.165) is 5.56 Å². The molecule has 0 heterocycles. The second kappa shape index (κ2) is 12.6. The molecule has 0 N–H and O–H groups in total. The minimum absolute atomic E-state index is 0.199. The summed E-state index contributed by atoms with van der Waals surface area (Å²) < 4.78 is 14.9. The first-order chi connectivity index (χ1) is 10.9. The van der Waals surface area contributed by atoms with E-state index in [1.54, 1.807) is 6.92 Å². The van der Waals surface area contributed by atoms with Gasteiger partial charge in [-0.25, -0.2) is 0 Å². The van der Waals surface area contributed by atoms with Crippen LogP contribution in [0.15, 0.2) is 24.3 Å². The van der Waals surface area contributed by atoms with Crippen molar-refractivity contribution in [2.75, 3.05) is 19.8 Å². The predicted octanol–water partition coefficient (Wildman–Crippen LogP) is 3.08. The zero-order chi connectivity index (χ0) is 17.7. The molecule has 1 rings (SSSR count). The second-order valence-electron chi connectivity index (χ2n) is 5.01. The van der Waals surface area contributed by atoms with Crippen molar-refractivity contribution in [3.63, 3.8) is 0 Å². The van der Waals surface area contributed by atoms with Crippen LogP contribution in [0.25, 0.3) is 0 Å². The van der Waals surface area contributed by atoms with Gasteiger partial charge in [0.15, 0.2) is 0 Å². The summed E-state index contributed by atoms with van der Waals surface area (Å²) in [7, 11) is 0. The smallest absolute Gasteiger partial charge is 0.302 e. The molecule has 5 nitrogen and oxygen atoms in total. The normalized spacial score (nSPS) is 11.0. The number of benzene rings is 1. The quantitative estimate of drug-likeness (QED) is 0.721. The fourth-order valence-corrected chi connectivity index (χ4v) is 1.81. The van der Waals surface area contributed by atoms with Gasteiger partial charge in [-0.1, -0.05) is 29.8 Å². The zero-order valence-corrected chi connectivity index (χ0v) is 14.8. The molecular formula is C18H28O5. The third-order valence-corrected chi connectivity index (χ3v) is 2.77. The highest BCUT2D eigenvalue weighted by Crippen LogP contribution is 2.09. The maximum absolute atomic E-state index is 11.0. The first kappa shape index (κ1) is 21.1. The van der Waals surface area contributed by atoms with E-state index in [4.69, 9.17) is 9.47 Å². The van der Waals surface area contributed by atoms with E-state index in [9.17, 15) is 9.59 Å². The lowest BCUT2D eigenvalue weighted by molar-refractivity contribution is -0.149. The highest BCUT2D eigenvalue weighted by Gasteiger charge is 2.12. The van der Waals surface area contributed by atoms with E-state index in [1.165, 1.54) is 19.4 Å². The Labute approximate surface area is 138 Å². The molecule has 0 spiro atoms. The van der Waals surface area contributed by atoms with Crippen LogP contribution in [-0.2, 0) is 30.2 Å². The van der Waals surface area contributed by atoms with Gasteiger partial charge in [0.2, 0.25) is 0 Å². The fourth-order valence-electron chi connectivity index (χ4n) is 1.81. The Bertz CT molecular complexity index is 453. The Kier molecular flexibility index (Phi) is 11.6. The number of rotatable bonds is 7. The highest BCUT2D eigenvalue weighted by atomic mass is 16.6. The number of hydrogen-bond acceptors (Lipinski definition) is 5. The molecule has 0 amide bonds. The summed E-state index contributed by atoms with van der Waals surface area (Å²) >= 11 is 0. The predicted molar refractivity (Wildman–Crippen MR) is 89.2 cm³/mol. The van der Waals surface area contributed by atoms with Crippen LogP contribution >= 0.6 is 0 Å². The van der Waals surface area contributed by atoms with Crippen molar-refractivity contribution >= 4 is 11.9 Å². The summed E-state index contributed by atoms with van der Waals surface area (Å²) in [5.41, 5.74) is 2.38. The first-order valence-electron chi connectivity index (χ1n) is 7.82. The van der Waals surface area contributed by atoms with Gasteiger partial charge in [0.1, 0.15) is 6.10 Å². The van der Waals surface area contributed by atoms with Gasteiger partial charge >= 0.3 is 11.9 Å². The molecule has 5 heteroatoms. The number of carbonyl (C=O) groups excluding carboxylic acids is 2. The topological polar surface area (TPSA) is 61.8 Å². The molecule has 1 aromatic rings. The van der Waals surface area contributed by atoms with Crippen molar-refractivity contribution in [1.29, 1.82) is 0 Å². The van der Waals surface area contributed by atoms with Crippen molar-refractivity contribution in [2.24, 2.45) is 0 Å². The van der Waals surface area contributed by atoms with Gasteiger partial charge in [-0.05, 0) is 26.3 Å². The van der Waals surface area contributed by atoms with Crippen molar-refractivity contribution < 1.29 is 23.8 Å². The van der Waals surface area contributed by atoms with Crippen LogP contribution in [0.3, 0.4) is 0 Å². The summed E-state index contributed by atoms with van der Waals surface area (Å²) in [6.45, 7) is 10.1. The minimum atomic E-state index is -0.262. The van der Waals surface area contributed by atoms with Crippen LogP contribution in [0.4, 0.5) is 0 Å². The van der Waals surface area contributed by atoms with Crippen LogP contribution in [0.1, 0.15) is 38.8 Å². The lowest BCUT2D eigenvalue weighted by Crippen LogP contribution is -2.24. The van der Waals surface area contributed by atoms with Crippen LogP contribution in [-0.4, -0.2) is 37.9 Å². The number of carbonyl (C=O) groups is 2. The van der Waals surface area contributed by atoms with Crippen LogP contribution < -0.4 is 0 Å². The molecule has 0 saturated heterocycles. The highest BCUT2D eigenvalue weighted by molar-refractivity contribution is 5.66. The first-order valence-corrected chi connectivity index (χ1v) is 7.82. The van der Waals surface area contributed by atoms with Gasteiger partial charge in [-0.15, -0.1) is 0 Å². The van der Waals surface area contributed by atoms with Crippen LogP contribution in [0, 0.1) is 6.92 Å². The van der Waals surface area contributed by atoms with E-state index in [-0.39, 0.29) is 18.0 Å². The van der Waals surface area contributed by atoms with Crippen molar-refractivity contribution in [1.82, 2.24) is 0 Å². The summed E-state index contributed by atoms with van der Waals surface area (Å²) in [4.78, 5) is 20.8. The average molecular weight is 324 g/mol. The Morgan fingerprint density at radius 1 is 1.00 bits per heavy atom. The zero-order valence-electron chi connectivity index (χ0n) is 14.8. The summed E-state index contributed by atoms with van der Waals surface area (Å²) in [5, 5.41) is 0. The second-order valence-corrected chi connectivity index (χ2v) is 5.01. The lowest BCUT2D eigenvalue weighted by atomic mass is 10.1. The maximum Gasteiger partial charge on any atom is 0.302 e. The molecule has 0 fully saturated rings. The summed E-state index contributed by atoms with van der Waals surface area (Å²) in [6.07, 6.45) is 0.495. The molecule has 23 heavy (non-hydrogen) atoms. The average Bonchev–Trinajstić information content (AvgIpc) is 2.47. The standard InChI is InChI=1S/C14H20O3.C4H8O2/c1-4-16-10-14(17-12(3)15)9-13-7-5-11(2)6-8-13;1-3-6-4(2)5/h5-8,14H,4,9-10H2,1-3H3;3H2,1-2H3. The van der Waals surface area contributed by atoms with E-state index < -0.39 is 0 Å². The third kappa shape index (κ3) is 12.4. The maximum atomic E-state index is 11.0. The molecule has 0 aliphatic heterocycles. The SMILES string of the molecule is CCOC(C)=O.CCOCC(Cc1ccc(C)cc1)OC(C)=O. The van der Waals surface area contributed by atoms with Gasteiger partial charge in [0, 0.05) is 26.9 Å². The Hall–Kier alpha value is -1.88. The fraction of sp³-hybridized carbons (Fsp3) is 0.556. The number of hydrogen-bond donors (Lipinski definition) is 0. The third-order valence-electron chi connectivity index (χ3n) is 2.77. The van der Waals surface area contributed by atoms with Gasteiger partial charge in [-0.2, -0.15) is 0 Å². The molecular weight excluding hydrogens is 296 g/mol. The van der Waals surface area contributed by atoms with E-state index in [1.807, 2.05) is 13.8 Å². The monoisotopic (exact) mass is 324 g/mol. The molecule has 0 radical (unpaired) electrons. The van der Waals surface area contributed by atoms with E-state index in [2.05, 4.69) is 29.0 Å². The van der Waals surface area contributed by atoms with E-state index >= 15 is 0 Å². The number of esters is 2. The van der Waals surface area contributed by atoms with Crippen molar-refractivity contribution in [3.05, 3.63) is 35.4 Å². The molecule has 0 saturated carbocycles. The Morgan fingerprint density at radius 2 is 1.61 bits per heavy atom. The minimum Gasteiger partial charge on any atom is -0.466 e. The molecule has 0 aliphatic rings.